The number of ether oxygens (including phenoxy) is 1. The average molecular weight is 396 g/mol. The van der Waals surface area contributed by atoms with Gasteiger partial charge in [-0.15, -0.1) is 0 Å². The minimum Gasteiger partial charge on any atom is -0.497 e. The first-order valence-electron chi connectivity index (χ1n) is 8.99. The molecule has 0 bridgehead atoms. The van der Waals surface area contributed by atoms with Crippen molar-refractivity contribution in [2.75, 3.05) is 19.0 Å². The lowest BCUT2D eigenvalue weighted by molar-refractivity contribution is 0.0951. The zero-order chi connectivity index (χ0) is 19.8. The van der Waals surface area contributed by atoms with Crippen LogP contribution in [0.2, 0.25) is 5.02 Å². The fraction of sp³-hybridized carbons (Fsp3) is 0.182. The predicted molar refractivity (Wildman–Crippen MR) is 112 cm³/mol. The highest BCUT2D eigenvalue weighted by molar-refractivity contribution is 6.30. The summed E-state index contributed by atoms with van der Waals surface area (Å²) in [6, 6.07) is 18.8. The number of nitrogens with one attached hydrogen (secondary N) is 2. The third-order valence-electron chi connectivity index (χ3n) is 4.24. The van der Waals surface area contributed by atoms with Gasteiger partial charge in [-0.05, 0) is 53.9 Å². The maximum absolute atomic E-state index is 12.4. The molecule has 0 aliphatic carbocycles. The summed E-state index contributed by atoms with van der Waals surface area (Å²) >= 11 is 6.00. The number of rotatable bonds is 8. The standard InChI is InChI=1S/C22H22ClN3O2/c1-28-20-7-5-17(6-8-20)15-26-22(27)18-10-12-25-21(14-18)24-11-9-16-3-2-4-19(23)13-16/h2-8,10,12-14H,9,11,15H2,1H3,(H,24,25)(H,26,27). The van der Waals surface area contributed by atoms with Gasteiger partial charge in [-0.1, -0.05) is 35.9 Å². The summed E-state index contributed by atoms with van der Waals surface area (Å²) in [5.74, 6) is 1.31. The second-order valence-electron chi connectivity index (χ2n) is 6.27. The number of benzene rings is 2. The molecule has 3 rings (SSSR count). The number of nitrogens with zero attached hydrogens (tertiary/aromatic N) is 1. The van der Waals surface area contributed by atoms with E-state index in [2.05, 4.69) is 15.6 Å². The maximum Gasteiger partial charge on any atom is 0.251 e. The number of halogens is 1. The smallest absolute Gasteiger partial charge is 0.251 e. The Balaban J connectivity index is 1.52. The van der Waals surface area contributed by atoms with E-state index in [0.717, 1.165) is 28.3 Å². The molecule has 0 saturated carbocycles. The number of carbonyl (C=O) groups is 1. The van der Waals surface area contributed by atoms with Crippen molar-refractivity contribution in [3.8, 4) is 5.75 Å². The number of amides is 1. The van der Waals surface area contributed by atoms with Crippen LogP contribution in [0.1, 0.15) is 21.5 Å². The Kier molecular flexibility index (Phi) is 6.87. The van der Waals surface area contributed by atoms with Gasteiger partial charge in [0.2, 0.25) is 0 Å². The summed E-state index contributed by atoms with van der Waals surface area (Å²) in [6.45, 7) is 1.15. The van der Waals surface area contributed by atoms with Gasteiger partial charge in [0.15, 0.2) is 0 Å². The number of aromatic nitrogens is 1. The van der Waals surface area contributed by atoms with E-state index in [1.165, 1.54) is 0 Å². The summed E-state index contributed by atoms with van der Waals surface area (Å²) in [5, 5.41) is 6.89. The molecule has 144 valence electrons. The molecule has 1 amide bonds. The minimum absolute atomic E-state index is 0.142. The second kappa shape index (κ2) is 9.76. The zero-order valence-electron chi connectivity index (χ0n) is 15.6. The Morgan fingerprint density at radius 3 is 2.64 bits per heavy atom. The molecule has 1 heterocycles. The quantitative estimate of drug-likeness (QED) is 0.596. The molecule has 0 aliphatic heterocycles. The third-order valence-corrected chi connectivity index (χ3v) is 4.48. The van der Waals surface area contributed by atoms with Crippen molar-refractivity contribution < 1.29 is 9.53 Å². The molecule has 28 heavy (non-hydrogen) atoms. The van der Waals surface area contributed by atoms with Gasteiger partial charge in [-0.2, -0.15) is 0 Å². The fourth-order valence-electron chi connectivity index (χ4n) is 2.72. The molecule has 0 unspecified atom stereocenters. The number of carbonyl (C=O) groups excluding carboxylic acids is 1. The first-order valence-corrected chi connectivity index (χ1v) is 9.37. The average Bonchev–Trinajstić information content (AvgIpc) is 2.73. The van der Waals surface area contributed by atoms with Crippen molar-refractivity contribution in [2.45, 2.75) is 13.0 Å². The highest BCUT2D eigenvalue weighted by atomic mass is 35.5. The molecule has 0 saturated heterocycles. The van der Waals surface area contributed by atoms with Crippen molar-refractivity contribution in [1.29, 1.82) is 0 Å². The van der Waals surface area contributed by atoms with Crippen LogP contribution in [0.5, 0.6) is 5.75 Å². The van der Waals surface area contributed by atoms with Gasteiger partial charge in [0, 0.05) is 29.9 Å². The van der Waals surface area contributed by atoms with E-state index in [9.17, 15) is 4.79 Å². The summed E-state index contributed by atoms with van der Waals surface area (Å²) in [5.41, 5.74) is 2.71. The summed E-state index contributed by atoms with van der Waals surface area (Å²) < 4.78 is 5.14. The Bertz CT molecular complexity index is 929. The van der Waals surface area contributed by atoms with Gasteiger partial charge in [-0.25, -0.2) is 4.98 Å². The molecule has 3 aromatic rings. The Hall–Kier alpha value is -3.05. The highest BCUT2D eigenvalue weighted by Crippen LogP contribution is 2.13. The number of methoxy groups -OCH3 is 1. The SMILES string of the molecule is COc1ccc(CNC(=O)c2ccnc(NCCc3cccc(Cl)c3)c2)cc1. The molecule has 0 spiro atoms. The van der Waals surface area contributed by atoms with E-state index < -0.39 is 0 Å². The van der Waals surface area contributed by atoms with Crippen LogP contribution < -0.4 is 15.4 Å². The van der Waals surface area contributed by atoms with Gasteiger partial charge >= 0.3 is 0 Å². The molecule has 6 heteroatoms. The topological polar surface area (TPSA) is 63.2 Å². The zero-order valence-corrected chi connectivity index (χ0v) is 16.4. The van der Waals surface area contributed by atoms with Crippen LogP contribution in [-0.2, 0) is 13.0 Å². The normalized spacial score (nSPS) is 10.4. The lowest BCUT2D eigenvalue weighted by Gasteiger charge is -2.09. The van der Waals surface area contributed by atoms with Crippen molar-refractivity contribution in [2.24, 2.45) is 0 Å². The van der Waals surface area contributed by atoms with Crippen LogP contribution in [0.4, 0.5) is 5.82 Å². The van der Waals surface area contributed by atoms with Crippen LogP contribution in [0.25, 0.3) is 0 Å². The second-order valence-corrected chi connectivity index (χ2v) is 6.70. The van der Waals surface area contributed by atoms with Gasteiger partial charge in [0.05, 0.1) is 7.11 Å². The van der Waals surface area contributed by atoms with Crippen molar-refractivity contribution in [3.63, 3.8) is 0 Å². The van der Waals surface area contributed by atoms with Crippen LogP contribution in [-0.4, -0.2) is 24.5 Å². The molecule has 0 radical (unpaired) electrons. The molecule has 2 aromatic carbocycles. The minimum atomic E-state index is -0.142. The lowest BCUT2D eigenvalue weighted by Crippen LogP contribution is -2.23. The van der Waals surface area contributed by atoms with Crippen molar-refractivity contribution in [1.82, 2.24) is 10.3 Å². The molecule has 2 N–H and O–H groups in total. The predicted octanol–water partition coefficient (Wildman–Crippen LogP) is 4.33. The van der Waals surface area contributed by atoms with Crippen LogP contribution >= 0.6 is 11.6 Å². The molecule has 0 atom stereocenters. The lowest BCUT2D eigenvalue weighted by atomic mass is 10.1. The Labute approximate surface area is 169 Å². The number of pyridine rings is 1. The van der Waals surface area contributed by atoms with E-state index in [4.69, 9.17) is 16.3 Å². The van der Waals surface area contributed by atoms with Crippen LogP contribution in [0, 0.1) is 0 Å². The molecule has 5 nitrogen and oxygen atoms in total. The molecule has 1 aromatic heterocycles. The van der Waals surface area contributed by atoms with Gasteiger partial charge in [-0.3, -0.25) is 4.79 Å². The molecule has 0 fully saturated rings. The largest absolute Gasteiger partial charge is 0.497 e. The van der Waals surface area contributed by atoms with Gasteiger partial charge in [0.25, 0.3) is 5.91 Å². The van der Waals surface area contributed by atoms with E-state index in [-0.39, 0.29) is 5.91 Å². The number of hydrogen-bond donors (Lipinski definition) is 2. The molecule has 0 aliphatic rings. The monoisotopic (exact) mass is 395 g/mol. The summed E-state index contributed by atoms with van der Waals surface area (Å²) in [6.07, 6.45) is 2.44. The van der Waals surface area contributed by atoms with Gasteiger partial charge < -0.3 is 15.4 Å². The summed E-state index contributed by atoms with van der Waals surface area (Å²) in [7, 11) is 1.63. The molecular formula is C22H22ClN3O2. The third kappa shape index (κ3) is 5.72. The van der Waals surface area contributed by atoms with Crippen LogP contribution in [0.3, 0.4) is 0 Å². The van der Waals surface area contributed by atoms with E-state index in [0.29, 0.717) is 24.5 Å². The first-order chi connectivity index (χ1) is 13.6. The Morgan fingerprint density at radius 1 is 1.07 bits per heavy atom. The first kappa shape index (κ1) is 19.7. The van der Waals surface area contributed by atoms with Crippen molar-refractivity contribution >= 4 is 23.3 Å². The van der Waals surface area contributed by atoms with Crippen molar-refractivity contribution in [3.05, 3.63) is 88.6 Å². The maximum atomic E-state index is 12.4. The van der Waals surface area contributed by atoms with E-state index in [1.807, 2.05) is 48.5 Å². The number of anilines is 1. The van der Waals surface area contributed by atoms with Gasteiger partial charge in [0.1, 0.15) is 11.6 Å². The fourth-order valence-corrected chi connectivity index (χ4v) is 2.94. The van der Waals surface area contributed by atoms with E-state index in [1.54, 1.807) is 25.4 Å². The van der Waals surface area contributed by atoms with E-state index >= 15 is 0 Å². The highest BCUT2D eigenvalue weighted by Gasteiger charge is 2.07. The van der Waals surface area contributed by atoms with Crippen LogP contribution in [0.15, 0.2) is 66.9 Å². The Morgan fingerprint density at radius 2 is 1.89 bits per heavy atom. The summed E-state index contributed by atoms with van der Waals surface area (Å²) in [4.78, 5) is 16.7. The molecular weight excluding hydrogens is 374 g/mol. The number of hydrogen-bond acceptors (Lipinski definition) is 4.